The normalized spacial score (nSPS) is 11.6. The van der Waals surface area contributed by atoms with Gasteiger partial charge in [-0.1, -0.05) is 166 Å². The zero-order valence-corrected chi connectivity index (χ0v) is 44.4. The maximum absolute atomic E-state index is 13.6. The molecule has 6 aromatic carbocycles. The maximum atomic E-state index is 13.6. The lowest BCUT2D eigenvalue weighted by Crippen LogP contribution is -2.33. The highest BCUT2D eigenvalue weighted by atomic mass is 32.1. The Morgan fingerprint density at radius 1 is 0.474 bits per heavy atom. The van der Waals surface area contributed by atoms with Gasteiger partial charge in [-0.25, -0.2) is 9.69 Å². The van der Waals surface area contributed by atoms with Crippen molar-refractivity contribution in [1.29, 1.82) is 10.5 Å². The van der Waals surface area contributed by atoms with Crippen LogP contribution in [0.5, 0.6) is 0 Å². The molecule has 0 amide bonds. The van der Waals surface area contributed by atoms with Gasteiger partial charge in [-0.3, -0.25) is 28.3 Å². The number of benzene rings is 6. The van der Waals surface area contributed by atoms with E-state index in [-0.39, 0.29) is 27.9 Å². The Morgan fingerprint density at radius 3 is 1.37 bits per heavy atom. The van der Waals surface area contributed by atoms with E-state index >= 15 is 0 Å². The summed E-state index contributed by atoms with van der Waals surface area (Å²) >= 11 is 1.47. The van der Waals surface area contributed by atoms with Crippen LogP contribution in [-0.2, 0) is 13.1 Å². The molecule has 4 aromatic heterocycles. The first-order valence-electron chi connectivity index (χ1n) is 27.4. The van der Waals surface area contributed by atoms with Crippen molar-refractivity contribution in [3.05, 3.63) is 148 Å². The van der Waals surface area contributed by atoms with Gasteiger partial charge in [0.25, 0.3) is 22.2 Å². The van der Waals surface area contributed by atoms with Gasteiger partial charge in [0.05, 0.1) is 41.8 Å². The maximum Gasteiger partial charge on any atom is 0.261 e. The molecule has 0 aliphatic rings. The van der Waals surface area contributed by atoms with Gasteiger partial charge < -0.3 is 4.42 Å². The Bertz CT molecular complexity index is 3880. The Balaban J connectivity index is 0.000000186. The molecule has 0 radical (unpaired) electrons. The number of rotatable bonds is 22. The lowest BCUT2D eigenvalue weighted by molar-refractivity contribution is 0.527. The molecule has 10 rings (SSSR count). The summed E-state index contributed by atoms with van der Waals surface area (Å²) in [6, 6.07) is 26.1. The first kappa shape index (κ1) is 52.9. The van der Waals surface area contributed by atoms with Crippen molar-refractivity contribution in [3.8, 4) is 12.1 Å². The number of aromatic nitrogens is 2. The number of hydrogen-bond acceptors (Lipinski definition) is 8. The second-order valence-electron chi connectivity index (χ2n) is 20.3. The van der Waals surface area contributed by atoms with Crippen molar-refractivity contribution in [2.24, 2.45) is 0 Å². The quantitative estimate of drug-likeness (QED) is 0.0284. The lowest BCUT2D eigenvalue weighted by atomic mass is 9.92. The number of fused-ring (bicyclic) bond motifs is 4. The molecule has 10 aromatic rings. The molecule has 0 saturated heterocycles. The summed E-state index contributed by atoms with van der Waals surface area (Å²) < 4.78 is 10.4. The molecule has 0 N–H and O–H groups in total. The second kappa shape index (κ2) is 24.2. The molecule has 0 aliphatic carbocycles. The third kappa shape index (κ3) is 10.2. The van der Waals surface area contributed by atoms with E-state index in [1.165, 1.54) is 116 Å². The number of nitriles is 2. The Kier molecular flexibility index (Phi) is 16.8. The van der Waals surface area contributed by atoms with Gasteiger partial charge >= 0.3 is 0 Å². The third-order valence-electron chi connectivity index (χ3n) is 15.3. The summed E-state index contributed by atoms with van der Waals surface area (Å²) in [5.41, 5.74) is 0.708. The minimum Gasteiger partial charge on any atom is -0.467 e. The van der Waals surface area contributed by atoms with E-state index in [0.717, 1.165) is 53.3 Å². The van der Waals surface area contributed by atoms with E-state index in [0.29, 0.717) is 100 Å². The van der Waals surface area contributed by atoms with Crippen LogP contribution >= 0.6 is 11.3 Å². The van der Waals surface area contributed by atoms with Crippen LogP contribution in [0, 0.1) is 35.8 Å². The molecule has 11 nitrogen and oxygen atoms in total. The predicted molar refractivity (Wildman–Crippen MR) is 312 cm³/mol. The largest absolute Gasteiger partial charge is 0.467 e. The number of unbranched alkanes of at least 4 members (excludes halogenated alkanes) is 18. The zero-order valence-electron chi connectivity index (χ0n) is 43.6. The summed E-state index contributed by atoms with van der Waals surface area (Å²) in [5.74, 6) is 0. The van der Waals surface area contributed by atoms with Gasteiger partial charge in [0.1, 0.15) is 11.2 Å². The summed E-state index contributed by atoms with van der Waals surface area (Å²) in [6.07, 6.45) is 23.3. The van der Waals surface area contributed by atoms with E-state index < -0.39 is 0 Å². The predicted octanol–water partition coefficient (Wildman–Crippen LogP) is 16.9. The molecule has 384 valence electrons. The molecule has 0 saturated carbocycles. The molecule has 12 heteroatoms. The highest BCUT2D eigenvalue weighted by Gasteiger charge is 2.25. The van der Waals surface area contributed by atoms with Gasteiger partial charge in [-0.2, -0.15) is 10.5 Å². The number of hydrogen-bond donors (Lipinski definition) is 0. The molecular formula is C64H62N6O5S. The van der Waals surface area contributed by atoms with E-state index in [1.807, 2.05) is 42.5 Å². The van der Waals surface area contributed by atoms with Crippen LogP contribution in [0.2, 0.25) is 0 Å². The Morgan fingerprint density at radius 2 is 0.882 bits per heavy atom. The van der Waals surface area contributed by atoms with Gasteiger partial charge in [-0.05, 0) is 54.6 Å². The zero-order chi connectivity index (χ0) is 53.3. The van der Waals surface area contributed by atoms with Crippen LogP contribution in [0.3, 0.4) is 0 Å². The molecular weight excluding hydrogens is 965 g/mol. The minimum absolute atomic E-state index is 0.200. The second-order valence-corrected chi connectivity index (χ2v) is 21.3. The van der Waals surface area contributed by atoms with Crippen LogP contribution in [0.4, 0.5) is 11.4 Å². The fourth-order valence-electron chi connectivity index (χ4n) is 11.4. The van der Waals surface area contributed by atoms with E-state index in [4.69, 9.17) is 17.6 Å². The van der Waals surface area contributed by atoms with Crippen molar-refractivity contribution in [1.82, 2.24) is 9.13 Å². The topological polar surface area (TPSA) is 148 Å². The minimum atomic E-state index is -0.387. The standard InChI is InChI=1S/C32H31N3O3.C32H31N3O2S/c2*1-3-4-5-6-7-8-9-10-11-14-17-35-31(36)23-18-21(20-33)27-22-15-12-13-16-26(22)38-30-25(34-2)19-24(32(35)37)28(23)29(27)30/h2*12-13,15-16,18-19H,3-11,14,17H2,1H3. The molecule has 0 fully saturated rings. The average molecular weight is 1030 g/mol. The summed E-state index contributed by atoms with van der Waals surface area (Å²) in [5, 5.41) is 26.7. The van der Waals surface area contributed by atoms with Crippen molar-refractivity contribution in [2.45, 2.75) is 155 Å². The molecule has 0 spiro atoms. The highest BCUT2D eigenvalue weighted by molar-refractivity contribution is 7.25. The molecule has 0 aliphatic heterocycles. The van der Waals surface area contributed by atoms with E-state index in [2.05, 4.69) is 35.7 Å². The van der Waals surface area contributed by atoms with Crippen molar-refractivity contribution in [2.75, 3.05) is 0 Å². The summed E-state index contributed by atoms with van der Waals surface area (Å²) in [6.45, 7) is 20.7. The highest BCUT2D eigenvalue weighted by Crippen LogP contribution is 2.46. The van der Waals surface area contributed by atoms with Crippen LogP contribution < -0.4 is 22.2 Å². The summed E-state index contributed by atoms with van der Waals surface area (Å²) in [7, 11) is 0. The van der Waals surface area contributed by atoms with Crippen molar-refractivity contribution >= 4 is 108 Å². The number of nitrogens with zero attached hydrogens (tertiary/aromatic N) is 6. The van der Waals surface area contributed by atoms with Crippen LogP contribution in [0.1, 0.15) is 153 Å². The first-order chi connectivity index (χ1) is 37.2. The Labute approximate surface area is 445 Å². The SMILES string of the molecule is [C-]#[N+]c1cc2c(=O)n(CCCCCCCCCCCC)c(=O)c3cc(C#N)c4c5ccccc5oc1c4c23.[C-]#[N+]c1cc2c(=O)n(CCCCCCCCCCCC)c(=O)c3cc(C#N)c4c5ccccc5sc1c4c23. The van der Waals surface area contributed by atoms with E-state index in [1.54, 1.807) is 24.3 Å². The fourth-order valence-corrected chi connectivity index (χ4v) is 12.6. The molecule has 0 atom stereocenters. The monoisotopic (exact) mass is 1030 g/mol. The summed E-state index contributed by atoms with van der Waals surface area (Å²) in [4.78, 5) is 61.9. The van der Waals surface area contributed by atoms with Gasteiger partial charge in [-0.15, -0.1) is 11.3 Å². The lowest BCUT2D eigenvalue weighted by Gasteiger charge is -2.16. The van der Waals surface area contributed by atoms with Crippen LogP contribution in [0.25, 0.3) is 94.9 Å². The first-order valence-corrected chi connectivity index (χ1v) is 28.2. The Hall–Kier alpha value is -7.90. The smallest absolute Gasteiger partial charge is 0.261 e. The number of para-hydroxylation sites is 1. The molecule has 0 unspecified atom stereocenters. The van der Waals surface area contributed by atoms with Crippen molar-refractivity contribution in [3.63, 3.8) is 0 Å². The fraction of sp³-hybridized carbons (Fsp3) is 0.375. The molecule has 0 bridgehead atoms. The number of pyridine rings is 2. The van der Waals surface area contributed by atoms with Gasteiger partial charge in [0.15, 0.2) is 0 Å². The van der Waals surface area contributed by atoms with Crippen LogP contribution in [0.15, 0.2) is 96.4 Å². The third-order valence-corrected chi connectivity index (χ3v) is 16.5. The molecule has 76 heavy (non-hydrogen) atoms. The van der Waals surface area contributed by atoms with Crippen molar-refractivity contribution < 1.29 is 4.42 Å². The average Bonchev–Trinajstić information content (AvgIpc) is 3.58. The van der Waals surface area contributed by atoms with Gasteiger partial charge in [0.2, 0.25) is 11.4 Å². The van der Waals surface area contributed by atoms with Gasteiger partial charge in [0, 0.05) is 76.4 Å². The molecule has 4 heterocycles. The van der Waals surface area contributed by atoms with E-state index in [9.17, 15) is 29.7 Å². The van der Waals surface area contributed by atoms with Crippen LogP contribution in [-0.4, -0.2) is 9.13 Å².